The van der Waals surface area contributed by atoms with Crippen LogP contribution in [0.25, 0.3) is 5.57 Å². The Kier molecular flexibility index (Phi) is 5.02. The third-order valence-electron chi connectivity index (χ3n) is 4.00. The van der Waals surface area contributed by atoms with Crippen molar-refractivity contribution in [3.63, 3.8) is 0 Å². The van der Waals surface area contributed by atoms with Crippen molar-refractivity contribution < 1.29 is 18.7 Å². The first-order valence-corrected chi connectivity index (χ1v) is 8.33. The van der Waals surface area contributed by atoms with Crippen molar-refractivity contribution in [2.75, 3.05) is 19.0 Å². The Morgan fingerprint density at radius 2 is 1.81 bits per heavy atom. The number of carbonyl (C=O) groups excluding carboxylic acids is 2. The predicted octanol–water partition coefficient (Wildman–Crippen LogP) is 3.44. The highest BCUT2D eigenvalue weighted by Crippen LogP contribution is 2.30. The van der Waals surface area contributed by atoms with Crippen LogP contribution in [0.4, 0.5) is 10.1 Å². The molecule has 0 unspecified atom stereocenters. The molecule has 2 amide bonds. The Balaban J connectivity index is 1.97. The van der Waals surface area contributed by atoms with Crippen LogP contribution >= 0.6 is 0 Å². The summed E-state index contributed by atoms with van der Waals surface area (Å²) in [6.45, 7) is 2.60. The molecule has 0 saturated heterocycles. The summed E-state index contributed by atoms with van der Waals surface area (Å²) >= 11 is 0. The van der Waals surface area contributed by atoms with Gasteiger partial charge in [-0.1, -0.05) is 25.1 Å². The third-order valence-corrected chi connectivity index (χ3v) is 4.00. The number of benzene rings is 2. The molecule has 1 aliphatic rings. The first-order valence-electron chi connectivity index (χ1n) is 8.33. The summed E-state index contributed by atoms with van der Waals surface area (Å²) in [5, 5.41) is 3.03. The van der Waals surface area contributed by atoms with Gasteiger partial charge in [0.1, 0.15) is 17.3 Å². The fourth-order valence-electron chi connectivity index (χ4n) is 2.67. The molecule has 26 heavy (non-hydrogen) atoms. The van der Waals surface area contributed by atoms with Crippen LogP contribution in [0.1, 0.15) is 18.9 Å². The molecule has 6 heteroatoms. The van der Waals surface area contributed by atoms with Crippen LogP contribution in [0.5, 0.6) is 5.75 Å². The van der Waals surface area contributed by atoms with Gasteiger partial charge in [0.15, 0.2) is 0 Å². The molecule has 0 saturated carbocycles. The molecule has 1 heterocycles. The first-order chi connectivity index (χ1) is 12.5. The number of imide groups is 1. The number of carbonyl (C=O) groups is 2. The number of nitrogens with zero attached hydrogens (tertiary/aromatic N) is 1. The molecule has 0 radical (unpaired) electrons. The van der Waals surface area contributed by atoms with E-state index >= 15 is 0 Å². The lowest BCUT2D eigenvalue weighted by atomic mass is 10.0. The second-order valence-electron chi connectivity index (χ2n) is 5.93. The van der Waals surface area contributed by atoms with E-state index in [1.165, 1.54) is 31.3 Å². The topological polar surface area (TPSA) is 58.6 Å². The maximum atomic E-state index is 13.2. The van der Waals surface area contributed by atoms with Crippen LogP contribution in [0.3, 0.4) is 0 Å². The zero-order chi connectivity index (χ0) is 18.7. The lowest BCUT2D eigenvalue weighted by molar-refractivity contribution is -0.135. The number of hydrogen-bond donors (Lipinski definition) is 1. The van der Waals surface area contributed by atoms with Crippen LogP contribution in [0.2, 0.25) is 0 Å². The molecule has 0 aliphatic carbocycles. The van der Waals surface area contributed by atoms with E-state index in [1.807, 2.05) is 13.0 Å². The van der Waals surface area contributed by atoms with E-state index in [4.69, 9.17) is 4.74 Å². The minimum absolute atomic E-state index is 0.164. The van der Waals surface area contributed by atoms with Crippen LogP contribution < -0.4 is 10.1 Å². The Morgan fingerprint density at radius 1 is 1.08 bits per heavy atom. The summed E-state index contributed by atoms with van der Waals surface area (Å²) in [5.41, 5.74) is 1.49. The van der Waals surface area contributed by atoms with Gasteiger partial charge in [-0.2, -0.15) is 0 Å². The van der Waals surface area contributed by atoms with Crippen LogP contribution in [-0.2, 0) is 9.59 Å². The van der Waals surface area contributed by atoms with E-state index < -0.39 is 17.6 Å². The summed E-state index contributed by atoms with van der Waals surface area (Å²) in [5.74, 6) is -0.600. The van der Waals surface area contributed by atoms with Crippen molar-refractivity contribution >= 4 is 23.1 Å². The highest BCUT2D eigenvalue weighted by molar-refractivity contribution is 6.36. The zero-order valence-corrected chi connectivity index (χ0v) is 14.6. The summed E-state index contributed by atoms with van der Waals surface area (Å²) < 4.78 is 18.8. The third kappa shape index (κ3) is 3.44. The van der Waals surface area contributed by atoms with Gasteiger partial charge in [-0.3, -0.25) is 14.5 Å². The minimum atomic E-state index is -0.436. The van der Waals surface area contributed by atoms with Gasteiger partial charge in [-0.25, -0.2) is 4.39 Å². The second-order valence-corrected chi connectivity index (χ2v) is 5.93. The molecule has 1 N–H and O–H groups in total. The van der Waals surface area contributed by atoms with Gasteiger partial charge in [0, 0.05) is 18.8 Å². The van der Waals surface area contributed by atoms with Crippen molar-refractivity contribution in [2.45, 2.75) is 13.3 Å². The molecule has 0 aromatic heterocycles. The van der Waals surface area contributed by atoms with Gasteiger partial charge < -0.3 is 10.1 Å². The maximum Gasteiger partial charge on any atom is 0.277 e. The van der Waals surface area contributed by atoms with Crippen molar-refractivity contribution in [1.82, 2.24) is 4.90 Å². The van der Waals surface area contributed by atoms with Gasteiger partial charge in [0.05, 0.1) is 12.2 Å². The average molecular weight is 354 g/mol. The highest BCUT2D eigenvalue weighted by Gasteiger charge is 2.36. The normalized spacial score (nSPS) is 14.2. The molecule has 2 aromatic rings. The van der Waals surface area contributed by atoms with Crippen LogP contribution in [0, 0.1) is 5.82 Å². The molecule has 0 atom stereocenters. The standard InChI is InChI=1S/C20H19FN2O3/c1-3-11-26-16-6-4-5-15(12-16)22-18-17(19(24)23(2)20(18)25)13-7-9-14(21)10-8-13/h4-10,12,22H,3,11H2,1-2H3. The van der Waals surface area contributed by atoms with E-state index in [0.29, 0.717) is 23.6 Å². The van der Waals surface area contributed by atoms with Crippen molar-refractivity contribution in [2.24, 2.45) is 0 Å². The average Bonchev–Trinajstić information content (AvgIpc) is 2.85. The summed E-state index contributed by atoms with van der Waals surface area (Å²) in [7, 11) is 1.42. The van der Waals surface area contributed by atoms with E-state index in [2.05, 4.69) is 5.32 Å². The molecule has 1 aliphatic heterocycles. The van der Waals surface area contributed by atoms with Gasteiger partial charge in [-0.15, -0.1) is 0 Å². The zero-order valence-electron chi connectivity index (χ0n) is 14.6. The second kappa shape index (κ2) is 7.39. The van der Waals surface area contributed by atoms with Gasteiger partial charge in [0.25, 0.3) is 11.8 Å². The summed E-state index contributed by atoms with van der Waals surface area (Å²) in [6, 6.07) is 12.7. The molecule has 134 valence electrons. The van der Waals surface area contributed by atoms with E-state index in [9.17, 15) is 14.0 Å². The van der Waals surface area contributed by atoms with E-state index in [0.717, 1.165) is 11.3 Å². The van der Waals surface area contributed by atoms with E-state index in [1.54, 1.807) is 18.2 Å². The van der Waals surface area contributed by atoms with Crippen molar-refractivity contribution in [3.05, 3.63) is 65.6 Å². The number of amides is 2. The number of anilines is 1. The quantitative estimate of drug-likeness (QED) is 0.808. The number of rotatable bonds is 6. The van der Waals surface area contributed by atoms with Gasteiger partial charge >= 0.3 is 0 Å². The van der Waals surface area contributed by atoms with Gasteiger partial charge in [0.2, 0.25) is 0 Å². The molecular weight excluding hydrogens is 335 g/mol. The smallest absolute Gasteiger partial charge is 0.277 e. The number of nitrogens with one attached hydrogen (secondary N) is 1. The summed E-state index contributed by atoms with van der Waals surface area (Å²) in [6.07, 6.45) is 0.884. The number of ether oxygens (including phenoxy) is 1. The highest BCUT2D eigenvalue weighted by atomic mass is 19.1. The Labute approximate surface area is 151 Å². The molecular formula is C20H19FN2O3. The number of likely N-dealkylation sites (N-methyl/N-ethyl adjacent to an activating group) is 1. The SMILES string of the molecule is CCCOc1cccc(NC2=C(c3ccc(F)cc3)C(=O)N(C)C2=O)c1. The molecule has 0 fully saturated rings. The van der Waals surface area contributed by atoms with Crippen LogP contribution in [-0.4, -0.2) is 30.4 Å². The van der Waals surface area contributed by atoms with Crippen molar-refractivity contribution in [3.8, 4) is 5.75 Å². The van der Waals surface area contributed by atoms with E-state index in [-0.39, 0.29) is 11.3 Å². The van der Waals surface area contributed by atoms with Crippen LogP contribution in [0.15, 0.2) is 54.2 Å². The maximum absolute atomic E-state index is 13.2. The molecule has 3 rings (SSSR count). The van der Waals surface area contributed by atoms with Gasteiger partial charge in [-0.05, 0) is 36.2 Å². The Bertz CT molecular complexity index is 875. The first kappa shape index (κ1) is 17.7. The molecule has 0 bridgehead atoms. The minimum Gasteiger partial charge on any atom is -0.494 e. The molecule has 2 aromatic carbocycles. The number of hydrogen-bond acceptors (Lipinski definition) is 4. The molecule has 0 spiro atoms. The lowest BCUT2D eigenvalue weighted by Crippen LogP contribution is -2.27. The Hall–Kier alpha value is -3.15. The van der Waals surface area contributed by atoms with Crippen molar-refractivity contribution in [1.29, 1.82) is 0 Å². The molecule has 5 nitrogen and oxygen atoms in total. The lowest BCUT2D eigenvalue weighted by Gasteiger charge is -2.11. The largest absolute Gasteiger partial charge is 0.494 e. The predicted molar refractivity (Wildman–Crippen MR) is 96.9 cm³/mol. The monoisotopic (exact) mass is 354 g/mol. The fourth-order valence-corrected chi connectivity index (χ4v) is 2.67. The Morgan fingerprint density at radius 3 is 2.50 bits per heavy atom. The number of halogens is 1. The fraction of sp³-hybridized carbons (Fsp3) is 0.200. The summed E-state index contributed by atoms with van der Waals surface area (Å²) in [4.78, 5) is 26.0.